The monoisotopic (exact) mass is 274 g/mol. The van der Waals surface area contributed by atoms with E-state index in [2.05, 4.69) is 22.1 Å². The molecule has 1 aromatic heterocycles. The van der Waals surface area contributed by atoms with Crippen LogP contribution in [0.3, 0.4) is 0 Å². The van der Waals surface area contributed by atoms with Crippen molar-refractivity contribution in [2.45, 2.75) is 47.0 Å². The number of carboxylic acids is 1. The average Bonchev–Trinajstić information content (AvgIpc) is 2.78. The molecule has 2 N–H and O–H groups in total. The van der Waals surface area contributed by atoms with E-state index in [1.165, 1.54) is 5.56 Å². The van der Waals surface area contributed by atoms with Gasteiger partial charge in [-0.2, -0.15) is 0 Å². The highest BCUT2D eigenvalue weighted by molar-refractivity contribution is 5.80. The second-order valence-electron chi connectivity index (χ2n) is 5.63. The molecule has 20 heavy (non-hydrogen) atoms. The first-order chi connectivity index (χ1) is 9.41. The first kappa shape index (κ1) is 14.6. The van der Waals surface area contributed by atoms with Gasteiger partial charge in [-0.1, -0.05) is 19.9 Å². The van der Waals surface area contributed by atoms with E-state index in [1.54, 1.807) is 0 Å². The predicted molar refractivity (Wildman–Crippen MR) is 79.9 cm³/mol. The van der Waals surface area contributed by atoms with Crippen molar-refractivity contribution in [3.05, 3.63) is 29.1 Å². The summed E-state index contributed by atoms with van der Waals surface area (Å²) in [5, 5.41) is 9.52. The van der Waals surface area contributed by atoms with Crippen LogP contribution < -0.4 is 0 Å². The summed E-state index contributed by atoms with van der Waals surface area (Å²) >= 11 is 0. The number of imidazole rings is 1. The summed E-state index contributed by atoms with van der Waals surface area (Å²) in [5.74, 6) is 0.0238. The lowest BCUT2D eigenvalue weighted by Gasteiger charge is -2.25. The zero-order chi connectivity index (χ0) is 14.9. The van der Waals surface area contributed by atoms with Crippen molar-refractivity contribution >= 4 is 17.0 Å². The van der Waals surface area contributed by atoms with E-state index in [9.17, 15) is 9.90 Å². The topological polar surface area (TPSA) is 66.0 Å². The highest BCUT2D eigenvalue weighted by Crippen LogP contribution is 2.31. The Balaban J connectivity index is 2.44. The van der Waals surface area contributed by atoms with Crippen LogP contribution in [0.15, 0.2) is 12.1 Å². The Kier molecular flexibility index (Phi) is 3.84. The number of carbonyl (C=O) groups is 1. The number of aromatic nitrogens is 2. The van der Waals surface area contributed by atoms with Crippen LogP contribution in [-0.2, 0) is 11.2 Å². The summed E-state index contributed by atoms with van der Waals surface area (Å²) in [6, 6.07) is 4.15. The van der Waals surface area contributed by atoms with Crippen LogP contribution >= 0.6 is 0 Å². The smallest absolute Gasteiger partial charge is 0.310 e. The fourth-order valence-electron chi connectivity index (χ4n) is 2.80. The van der Waals surface area contributed by atoms with E-state index in [0.717, 1.165) is 22.4 Å². The number of hydrogen-bond acceptors (Lipinski definition) is 2. The maximum atomic E-state index is 11.6. The predicted octanol–water partition coefficient (Wildman–Crippen LogP) is 3.61. The molecule has 0 amide bonds. The lowest BCUT2D eigenvalue weighted by atomic mass is 9.79. The quantitative estimate of drug-likeness (QED) is 0.875. The van der Waals surface area contributed by atoms with E-state index in [4.69, 9.17) is 0 Å². The maximum absolute atomic E-state index is 11.6. The van der Waals surface area contributed by atoms with E-state index < -0.39 is 11.4 Å². The van der Waals surface area contributed by atoms with E-state index in [-0.39, 0.29) is 0 Å². The lowest BCUT2D eigenvalue weighted by Crippen LogP contribution is -2.32. The van der Waals surface area contributed by atoms with Crippen LogP contribution in [0.1, 0.15) is 43.6 Å². The van der Waals surface area contributed by atoms with Gasteiger partial charge in [0.15, 0.2) is 0 Å². The molecule has 4 nitrogen and oxygen atoms in total. The SMILES string of the molecule is CCC(CC)(Cc1nc2c(C)cc(C)cc2[nH]1)C(=O)O. The number of nitrogens with one attached hydrogen (secondary N) is 1. The Morgan fingerprint density at radius 3 is 2.50 bits per heavy atom. The van der Waals surface area contributed by atoms with Crippen molar-refractivity contribution in [2.24, 2.45) is 5.41 Å². The molecular weight excluding hydrogens is 252 g/mol. The van der Waals surface area contributed by atoms with Crippen LogP contribution in [0.5, 0.6) is 0 Å². The van der Waals surface area contributed by atoms with E-state index in [1.807, 2.05) is 27.7 Å². The summed E-state index contributed by atoms with van der Waals surface area (Å²) in [7, 11) is 0. The fraction of sp³-hybridized carbons (Fsp3) is 0.500. The number of fused-ring (bicyclic) bond motifs is 1. The molecule has 0 atom stereocenters. The number of H-pyrrole nitrogens is 1. The number of benzene rings is 1. The van der Waals surface area contributed by atoms with Gasteiger partial charge in [-0.3, -0.25) is 4.79 Å². The summed E-state index contributed by atoms with van der Waals surface area (Å²) in [4.78, 5) is 19.5. The maximum Gasteiger partial charge on any atom is 0.310 e. The molecule has 2 rings (SSSR count). The van der Waals surface area contributed by atoms with Gasteiger partial charge in [0.25, 0.3) is 0 Å². The summed E-state index contributed by atoms with van der Waals surface area (Å²) in [5.41, 5.74) is 3.51. The Bertz CT molecular complexity index is 639. The minimum absolute atomic E-state index is 0.447. The molecule has 0 fully saturated rings. The molecule has 108 valence electrons. The molecule has 2 aromatic rings. The Hall–Kier alpha value is -1.84. The second-order valence-corrected chi connectivity index (χ2v) is 5.63. The first-order valence-corrected chi connectivity index (χ1v) is 7.11. The zero-order valence-electron chi connectivity index (χ0n) is 12.6. The summed E-state index contributed by atoms with van der Waals surface area (Å²) in [6.07, 6.45) is 1.66. The number of aliphatic carboxylic acids is 1. The third kappa shape index (κ3) is 2.42. The largest absolute Gasteiger partial charge is 0.481 e. The molecule has 1 heterocycles. The van der Waals surface area contributed by atoms with Gasteiger partial charge in [-0.25, -0.2) is 4.98 Å². The van der Waals surface area contributed by atoms with Crippen LogP contribution in [0, 0.1) is 19.3 Å². The van der Waals surface area contributed by atoms with Crippen LogP contribution in [0.2, 0.25) is 0 Å². The van der Waals surface area contributed by atoms with Crippen LogP contribution in [-0.4, -0.2) is 21.0 Å². The third-order valence-electron chi connectivity index (χ3n) is 4.28. The number of rotatable bonds is 5. The van der Waals surface area contributed by atoms with E-state index >= 15 is 0 Å². The van der Waals surface area contributed by atoms with Gasteiger partial charge in [-0.15, -0.1) is 0 Å². The molecule has 1 aromatic carbocycles. The molecule has 0 aliphatic heterocycles. The van der Waals surface area contributed by atoms with Crippen molar-refractivity contribution in [3.63, 3.8) is 0 Å². The summed E-state index contributed by atoms with van der Waals surface area (Å²) in [6.45, 7) is 7.93. The molecule has 0 spiro atoms. The van der Waals surface area contributed by atoms with Gasteiger partial charge < -0.3 is 10.1 Å². The summed E-state index contributed by atoms with van der Waals surface area (Å²) < 4.78 is 0. The van der Waals surface area contributed by atoms with E-state index in [0.29, 0.717) is 19.3 Å². The fourth-order valence-corrected chi connectivity index (χ4v) is 2.80. The standard InChI is InChI=1S/C16H22N2O2/c1-5-16(6-2,15(19)20)9-13-17-12-8-10(3)7-11(4)14(12)18-13/h7-8H,5-6,9H2,1-4H3,(H,17,18)(H,19,20). The van der Waals surface area contributed by atoms with Crippen LogP contribution in [0.25, 0.3) is 11.0 Å². The van der Waals surface area contributed by atoms with Gasteiger partial charge >= 0.3 is 5.97 Å². The number of aryl methyl sites for hydroxylation is 2. The number of nitrogens with zero attached hydrogens (tertiary/aromatic N) is 1. The molecule has 0 bridgehead atoms. The van der Waals surface area contributed by atoms with Gasteiger partial charge in [0.1, 0.15) is 5.82 Å². The Morgan fingerprint density at radius 1 is 1.30 bits per heavy atom. The molecule has 0 radical (unpaired) electrons. The lowest BCUT2D eigenvalue weighted by molar-refractivity contribution is -0.149. The third-order valence-corrected chi connectivity index (χ3v) is 4.28. The van der Waals surface area contributed by atoms with Gasteiger partial charge in [0.05, 0.1) is 16.4 Å². The molecule has 0 saturated carbocycles. The molecule has 0 unspecified atom stereocenters. The normalized spacial score (nSPS) is 12.0. The van der Waals surface area contributed by atoms with Gasteiger partial charge in [-0.05, 0) is 43.9 Å². The Morgan fingerprint density at radius 2 is 1.95 bits per heavy atom. The molecule has 0 aliphatic carbocycles. The molecule has 0 saturated heterocycles. The molecular formula is C16H22N2O2. The highest BCUT2D eigenvalue weighted by Gasteiger charge is 2.36. The average molecular weight is 274 g/mol. The second kappa shape index (κ2) is 5.27. The van der Waals surface area contributed by atoms with Gasteiger partial charge in [0.2, 0.25) is 0 Å². The number of aromatic amines is 1. The Labute approximate surface area is 119 Å². The highest BCUT2D eigenvalue weighted by atomic mass is 16.4. The zero-order valence-corrected chi connectivity index (χ0v) is 12.6. The van der Waals surface area contributed by atoms with Crippen molar-refractivity contribution in [3.8, 4) is 0 Å². The number of hydrogen-bond donors (Lipinski definition) is 2. The molecule has 4 heteroatoms. The number of carboxylic acid groups (broad SMARTS) is 1. The van der Waals surface area contributed by atoms with Crippen molar-refractivity contribution in [1.82, 2.24) is 9.97 Å². The van der Waals surface area contributed by atoms with Crippen molar-refractivity contribution in [1.29, 1.82) is 0 Å². The molecule has 0 aliphatic rings. The minimum atomic E-state index is -0.740. The van der Waals surface area contributed by atoms with Crippen LogP contribution in [0.4, 0.5) is 0 Å². The minimum Gasteiger partial charge on any atom is -0.481 e. The van der Waals surface area contributed by atoms with Crippen molar-refractivity contribution < 1.29 is 9.90 Å². The van der Waals surface area contributed by atoms with Gasteiger partial charge in [0, 0.05) is 6.42 Å². The van der Waals surface area contributed by atoms with Crippen molar-refractivity contribution in [2.75, 3.05) is 0 Å². The first-order valence-electron chi connectivity index (χ1n) is 7.11.